The monoisotopic (exact) mass is 1480 g/mol. The van der Waals surface area contributed by atoms with E-state index in [9.17, 15) is 68.5 Å². The van der Waals surface area contributed by atoms with Crippen molar-refractivity contribution in [1.29, 1.82) is 0 Å². The number of alkyl halides is 1. The van der Waals surface area contributed by atoms with Crippen LogP contribution < -0.4 is 61.0 Å². The molecule has 1 aromatic heterocycles. The van der Waals surface area contributed by atoms with Crippen molar-refractivity contribution in [1.82, 2.24) is 14.8 Å². The molecule has 6 aromatic carbocycles. The zero-order valence-electron chi connectivity index (χ0n) is 49.1. The van der Waals surface area contributed by atoms with Crippen LogP contribution in [-0.2, 0) is 70.7 Å². The molecule has 0 unspecified atom stereocenters. The number of benzene rings is 6. The van der Waals surface area contributed by atoms with Crippen molar-refractivity contribution >= 4 is 101 Å². The van der Waals surface area contributed by atoms with Crippen LogP contribution in [0, 0.1) is 98.0 Å². The number of methoxy groups -OCH3 is 2. The van der Waals surface area contributed by atoms with E-state index in [-0.39, 0.29) is 150 Å². The summed E-state index contributed by atoms with van der Waals surface area (Å²) in [7, 11) is 10.1. The largest absolute Gasteiger partial charge is 1.00 e. The third-order valence-corrected chi connectivity index (χ3v) is 11.8. The van der Waals surface area contributed by atoms with Gasteiger partial charge in [0.2, 0.25) is 0 Å². The number of halogens is 4. The minimum atomic E-state index is -1.28. The van der Waals surface area contributed by atoms with Gasteiger partial charge in [-0.05, 0) is 63.8 Å². The summed E-state index contributed by atoms with van der Waals surface area (Å²) in [5.74, 6) is -4.08. The van der Waals surface area contributed by atoms with Gasteiger partial charge in [0.05, 0.1) is 70.3 Å². The quantitative estimate of drug-likeness (QED) is 0.0110. The van der Waals surface area contributed by atoms with Gasteiger partial charge in [0, 0.05) is 101 Å². The van der Waals surface area contributed by atoms with Crippen LogP contribution in [0.1, 0.15) is 28.5 Å². The number of anilines is 3. The van der Waals surface area contributed by atoms with E-state index in [1.54, 1.807) is 42.5 Å². The van der Waals surface area contributed by atoms with E-state index in [0.717, 1.165) is 62.3 Å². The Morgan fingerprint density at radius 2 is 1.09 bits per heavy atom. The molecule has 0 aliphatic rings. The molecule has 0 saturated heterocycles. The minimum absolute atomic E-state index is 0. The Labute approximate surface area is 587 Å². The number of ether oxygens (including phenoxy) is 3. The van der Waals surface area contributed by atoms with Crippen LogP contribution >= 0.6 is 39.5 Å². The van der Waals surface area contributed by atoms with Crippen molar-refractivity contribution < 1.29 is 163 Å². The van der Waals surface area contributed by atoms with E-state index in [1.165, 1.54) is 31.1 Å². The number of aliphatic hydroxyl groups excluding tert-OH is 1. The molecule has 1 heterocycles. The number of aliphatic hydroxyl groups is 1. The van der Waals surface area contributed by atoms with Crippen LogP contribution in [0.3, 0.4) is 0 Å². The zero-order valence-corrected chi connectivity index (χ0v) is 59.0. The van der Waals surface area contributed by atoms with Gasteiger partial charge < -0.3 is 57.8 Å². The molecular weight excluding hydrogens is 1420 g/mol. The summed E-state index contributed by atoms with van der Waals surface area (Å²) in [4.78, 5) is 65.5. The summed E-state index contributed by atoms with van der Waals surface area (Å²) in [6.07, 6.45) is 0. The number of aryl methyl sites for hydroxylation is 2. The Balaban J connectivity index is -0.000000471. The predicted octanol–water partition coefficient (Wildman–Crippen LogP) is 7.52. The number of nitrogens with two attached hydrogens (primary N) is 3. The van der Waals surface area contributed by atoms with Gasteiger partial charge in [0.1, 0.15) is 21.9 Å². The zero-order chi connectivity index (χ0) is 64.1. The molecule has 0 fully saturated rings. The number of nitro groups is 5. The molecule has 2 radical (unpaired) electrons. The van der Waals surface area contributed by atoms with Gasteiger partial charge >= 0.3 is 46.9 Å². The van der Waals surface area contributed by atoms with Gasteiger partial charge in [-0.2, -0.15) is 29.3 Å². The van der Waals surface area contributed by atoms with Gasteiger partial charge in [-0.25, -0.2) is 18.0 Å². The maximum atomic E-state index is 13.4. The van der Waals surface area contributed by atoms with E-state index < -0.39 is 70.8 Å². The number of nitrogens with zero attached hydrogens (tertiary/aromatic N) is 7. The van der Waals surface area contributed by atoms with E-state index in [2.05, 4.69) is 39.1 Å². The summed E-state index contributed by atoms with van der Waals surface area (Å²) in [6.45, 7) is 5.72. The second-order valence-corrected chi connectivity index (χ2v) is 19.1. The molecule has 7 aromatic rings. The van der Waals surface area contributed by atoms with Crippen LogP contribution in [0.4, 0.5) is 58.7 Å². The standard InChI is InChI=1S/C10H14FN3O3.C8H7BrO2.C8H8N2O6.C8H6NS2.C7H7N2O2.C6H4F2N2O2.C4H11NO.Na.2Y.H/c1-13(2)3-4-17-10-6-8(12)9(14(15)16)5-7(10)11;9-5-6-1-3-7(4-2-6)8(10)11;1-15-7-3-5(9(11)12)6(10(13)14)4-8(7)16-2;1-5-2-3-6-7(4-5)11-8(10)9-6;1-5-2-3-7(9(10)11)6(8)4-5;7-3-1-5(9)6(10(11)12)2-4(3)8;1-5(2)3-4-6;;;;/h5-6H,3-4,12H2,1-2H3;1-4H,5H2,(H,10,11);3-4H,1-2H3;3-4H,1H3,(H,9,10);3-4H,8H2,1H3;1-2H,9H2;6H,3-4H2,1-2H3;;;;/q;;;2*-1;;;+1;;;-1. The van der Waals surface area contributed by atoms with Gasteiger partial charge in [-0.3, -0.25) is 50.6 Å². The maximum Gasteiger partial charge on any atom is 1.00 e. The van der Waals surface area contributed by atoms with Gasteiger partial charge in [-0.1, -0.05) is 58.2 Å². The molecule has 0 amide bonds. The molecule has 7 rings (SSSR count). The first-order valence-electron chi connectivity index (χ1n) is 23.3. The fourth-order valence-electron chi connectivity index (χ4n) is 5.72. The molecule has 0 atom stereocenters. The Hall–Kier alpha value is -5.94. The fourth-order valence-corrected chi connectivity index (χ4v) is 7.29. The Bertz CT molecular complexity index is 3420. The molecule has 9 N–H and O–H groups in total. The van der Waals surface area contributed by atoms with Crippen molar-refractivity contribution in [2.45, 2.75) is 19.2 Å². The molecule has 0 saturated carbocycles. The predicted molar refractivity (Wildman–Crippen MR) is 316 cm³/mol. The maximum absolute atomic E-state index is 13.4. The van der Waals surface area contributed by atoms with Crippen LogP contribution in [0.15, 0.2) is 84.9 Å². The number of nitro benzene ring substituents is 5. The topological polar surface area (TPSA) is 401 Å². The van der Waals surface area contributed by atoms with Crippen molar-refractivity contribution in [2.24, 2.45) is 0 Å². The molecule has 0 aliphatic carbocycles. The second kappa shape index (κ2) is 43.7. The minimum Gasteiger partial charge on any atom is -1.00 e. The Kier molecular flexibility index (Phi) is 42.8. The third-order valence-electron chi connectivity index (χ3n) is 9.91. The second-order valence-electron chi connectivity index (χ2n) is 16.8. The number of fused-ring (bicyclic) bond motifs is 1. The molecule has 462 valence electrons. The molecule has 27 nitrogen and oxygen atoms in total. The first-order valence-corrected chi connectivity index (χ1v) is 25.7. The van der Waals surface area contributed by atoms with Gasteiger partial charge in [-0.15, -0.1) is 23.5 Å². The van der Waals surface area contributed by atoms with Crippen LogP contribution in [0.25, 0.3) is 10.2 Å². The van der Waals surface area contributed by atoms with Crippen molar-refractivity contribution in [3.05, 3.63) is 191 Å². The number of H-pyrrole nitrogens is 1. The van der Waals surface area contributed by atoms with Crippen molar-refractivity contribution in [3.8, 4) is 17.2 Å². The molecule has 36 heteroatoms. The SMILES string of the molecule is CN(C)CCO.CN(C)CCOc1cc(N)c([N+](=O)[O-])cc1F.COc1cc([N+](=O)[O-])c([N+](=O)[O-])cc1OC.Cc1[c-]cc([N+](=O)[O-])c(N)c1.Cc1[c-]cc2[nH]c(=S)sc2c1.Nc1cc(F)c(F)cc1[N+](=O)[O-].O=C(O)c1ccc(CBr)cc1.[H-].[Na+].[Y].[Y]. The van der Waals surface area contributed by atoms with Crippen molar-refractivity contribution in [2.75, 3.05) is 85.9 Å². The number of aromatic nitrogens is 1. The number of nitrogens with one attached hydrogen (secondary N) is 1. The van der Waals surface area contributed by atoms with E-state index in [4.69, 9.17) is 53.8 Å². The number of likely N-dealkylation sites (N-methyl/N-ethyl adjacent to an activating group) is 2. The van der Waals surface area contributed by atoms with E-state index >= 15 is 0 Å². The normalized spacial score (nSPS) is 9.64. The van der Waals surface area contributed by atoms with Gasteiger partial charge in [0.25, 0.3) is 11.4 Å². The number of aromatic amines is 1. The van der Waals surface area contributed by atoms with Crippen LogP contribution in [0.2, 0.25) is 0 Å². The number of carboxylic acid groups (broad SMARTS) is 1. The number of thiazole rings is 1. The number of hydrogen-bond acceptors (Lipinski definition) is 22. The number of aromatic carboxylic acids is 1. The number of rotatable bonds is 15. The average molecular weight is 1480 g/mol. The molecule has 0 bridgehead atoms. The van der Waals surface area contributed by atoms with E-state index in [0.29, 0.717) is 24.2 Å². The van der Waals surface area contributed by atoms with Crippen LogP contribution in [-0.4, -0.2) is 124 Å². The molecular formula is C51H58BrF3N11NaO16S2Y2-2. The Morgan fingerprint density at radius 1 is 0.667 bits per heavy atom. The average Bonchev–Trinajstić information content (AvgIpc) is 3.75. The third kappa shape index (κ3) is 31.2. The Morgan fingerprint density at radius 3 is 1.49 bits per heavy atom. The number of hydrogen-bond donors (Lipinski definition) is 6. The number of carboxylic acids is 1. The first kappa shape index (κ1) is 85.3. The van der Waals surface area contributed by atoms with Crippen LogP contribution in [0.5, 0.6) is 17.2 Å². The van der Waals surface area contributed by atoms with Gasteiger partial charge in [0.15, 0.2) is 40.4 Å². The smallest absolute Gasteiger partial charge is 1.00 e. The summed E-state index contributed by atoms with van der Waals surface area (Å²) in [6, 6.07) is 24.3. The van der Waals surface area contributed by atoms with E-state index in [1.807, 2.05) is 51.0 Å². The summed E-state index contributed by atoms with van der Waals surface area (Å²) >= 11 is 9.88. The number of nitrogen functional groups attached to an aromatic ring is 3. The van der Waals surface area contributed by atoms with Crippen molar-refractivity contribution in [3.63, 3.8) is 0 Å². The summed E-state index contributed by atoms with van der Waals surface area (Å²) in [5.41, 5.74) is 17.5. The molecule has 0 spiro atoms. The molecule has 87 heavy (non-hydrogen) atoms. The number of carbonyl (C=O) groups is 1. The molecule has 0 aliphatic heterocycles. The summed E-state index contributed by atoms with van der Waals surface area (Å²) < 4.78 is 55.0. The fraction of sp³-hybridized carbons (Fsp3) is 0.255. The first-order chi connectivity index (χ1) is 39.3. The summed E-state index contributed by atoms with van der Waals surface area (Å²) in [5, 5.41) is 69.5.